The number of hydrogen-bond acceptors (Lipinski definition) is 8. The van der Waals surface area contributed by atoms with Crippen LogP contribution in [0.15, 0.2) is 12.7 Å². The molecule has 0 radical (unpaired) electrons. The van der Waals surface area contributed by atoms with Crippen LogP contribution < -0.4 is 5.32 Å². The number of rotatable bonds is 7. The highest BCUT2D eigenvalue weighted by Gasteiger charge is 2.47. The third-order valence-electron chi connectivity index (χ3n) is 4.05. The molecule has 1 aliphatic rings. The molecular formula is C15H23N5O4. The number of fused-ring (bicyclic) bond motifs is 1. The minimum absolute atomic E-state index is 0.145. The summed E-state index contributed by atoms with van der Waals surface area (Å²) in [6.07, 6.45) is 1.46. The van der Waals surface area contributed by atoms with Gasteiger partial charge in [-0.2, -0.15) is 0 Å². The molecule has 9 nitrogen and oxygen atoms in total. The topological polar surface area (TPSA) is 104 Å². The number of aliphatic hydroxyl groups excluding tert-OH is 1. The van der Waals surface area contributed by atoms with E-state index in [-0.39, 0.29) is 18.8 Å². The summed E-state index contributed by atoms with van der Waals surface area (Å²) in [5, 5.41) is 12.6. The smallest absolute Gasteiger partial charge is 0.167 e. The second kappa shape index (κ2) is 7.39. The fourth-order valence-corrected chi connectivity index (χ4v) is 3.06. The summed E-state index contributed by atoms with van der Waals surface area (Å²) < 4.78 is 19.5. The molecule has 24 heavy (non-hydrogen) atoms. The van der Waals surface area contributed by atoms with Crippen molar-refractivity contribution >= 4 is 17.0 Å². The molecule has 0 saturated carbocycles. The van der Waals surface area contributed by atoms with Gasteiger partial charge < -0.3 is 24.6 Å². The Labute approximate surface area is 140 Å². The van der Waals surface area contributed by atoms with Gasteiger partial charge in [0.05, 0.1) is 12.9 Å². The van der Waals surface area contributed by atoms with E-state index in [9.17, 15) is 5.11 Å². The zero-order valence-corrected chi connectivity index (χ0v) is 14.0. The Morgan fingerprint density at radius 2 is 1.96 bits per heavy atom. The highest BCUT2D eigenvalue weighted by Crippen LogP contribution is 2.35. The second-order valence-electron chi connectivity index (χ2n) is 5.38. The van der Waals surface area contributed by atoms with Crippen LogP contribution in [0.25, 0.3) is 11.2 Å². The molecule has 0 unspecified atom stereocenters. The molecule has 3 heterocycles. The Bertz CT molecular complexity index is 679. The fourth-order valence-electron chi connectivity index (χ4n) is 3.06. The van der Waals surface area contributed by atoms with Gasteiger partial charge in [-0.15, -0.1) is 0 Å². The fraction of sp³-hybridized carbons (Fsp3) is 0.667. The van der Waals surface area contributed by atoms with Crippen LogP contribution in [0.4, 0.5) is 5.82 Å². The first-order valence-electron chi connectivity index (χ1n) is 8.09. The molecule has 0 aromatic carbocycles. The van der Waals surface area contributed by atoms with Gasteiger partial charge >= 0.3 is 0 Å². The molecule has 1 fully saturated rings. The number of aliphatic hydroxyl groups is 1. The molecular weight excluding hydrogens is 314 g/mol. The molecule has 132 valence electrons. The number of nitrogens with zero attached hydrogens (tertiary/aromatic N) is 4. The number of imidazole rings is 1. The van der Waals surface area contributed by atoms with E-state index in [1.165, 1.54) is 6.33 Å². The molecule has 0 amide bonds. The van der Waals surface area contributed by atoms with Gasteiger partial charge in [-0.05, 0) is 13.8 Å². The van der Waals surface area contributed by atoms with Crippen LogP contribution >= 0.6 is 0 Å². The number of nitrogens with one attached hydrogen (secondary N) is 1. The van der Waals surface area contributed by atoms with E-state index in [1.54, 1.807) is 17.9 Å². The van der Waals surface area contributed by atoms with Gasteiger partial charge in [0.1, 0.15) is 30.2 Å². The molecule has 0 spiro atoms. The molecule has 2 aromatic heterocycles. The minimum Gasteiger partial charge on any atom is -0.394 e. The van der Waals surface area contributed by atoms with E-state index >= 15 is 0 Å². The van der Waals surface area contributed by atoms with Crippen LogP contribution in [0.2, 0.25) is 0 Å². The van der Waals surface area contributed by atoms with Crippen LogP contribution in [-0.4, -0.2) is 69.8 Å². The molecule has 2 aromatic rings. The Balaban J connectivity index is 2.00. The normalized spacial score (nSPS) is 27.0. The minimum atomic E-state index is -0.483. The summed E-state index contributed by atoms with van der Waals surface area (Å²) in [6, 6.07) is 0. The van der Waals surface area contributed by atoms with Gasteiger partial charge in [-0.1, -0.05) is 0 Å². The second-order valence-corrected chi connectivity index (χ2v) is 5.38. The van der Waals surface area contributed by atoms with Crippen molar-refractivity contribution in [3.63, 3.8) is 0 Å². The SMILES string of the molecule is CCO[C@@H]1[C@H](OCC)[C@@H](CO)O[C@H]1n1cnc2c(NC)ncnc21. The lowest BCUT2D eigenvalue weighted by molar-refractivity contribution is -0.0731. The van der Waals surface area contributed by atoms with E-state index < -0.39 is 12.3 Å². The first-order chi connectivity index (χ1) is 11.7. The van der Waals surface area contributed by atoms with Gasteiger partial charge in [0.25, 0.3) is 0 Å². The lowest BCUT2D eigenvalue weighted by Gasteiger charge is -2.24. The number of anilines is 1. The lowest BCUT2D eigenvalue weighted by Crippen LogP contribution is -2.38. The van der Waals surface area contributed by atoms with Gasteiger partial charge in [0.15, 0.2) is 17.7 Å². The number of ether oxygens (including phenoxy) is 3. The maximum absolute atomic E-state index is 9.64. The molecule has 1 aliphatic heterocycles. The lowest BCUT2D eigenvalue weighted by atomic mass is 10.1. The van der Waals surface area contributed by atoms with Crippen molar-refractivity contribution in [3.8, 4) is 0 Å². The van der Waals surface area contributed by atoms with Crippen LogP contribution in [-0.2, 0) is 14.2 Å². The van der Waals surface area contributed by atoms with E-state index in [1.807, 2.05) is 13.8 Å². The largest absolute Gasteiger partial charge is 0.394 e. The van der Waals surface area contributed by atoms with Crippen LogP contribution in [0.5, 0.6) is 0 Å². The molecule has 9 heteroatoms. The Kier molecular flexibility index (Phi) is 5.24. The zero-order chi connectivity index (χ0) is 17.1. The molecule has 3 rings (SSSR count). The van der Waals surface area contributed by atoms with Crippen LogP contribution in [0.1, 0.15) is 20.1 Å². The number of hydrogen-bond donors (Lipinski definition) is 2. The quantitative estimate of drug-likeness (QED) is 0.756. The van der Waals surface area contributed by atoms with Crippen molar-refractivity contribution in [2.45, 2.75) is 38.4 Å². The molecule has 4 atom stereocenters. The summed E-state index contributed by atoms with van der Waals surface area (Å²) >= 11 is 0. The van der Waals surface area contributed by atoms with Gasteiger partial charge in [-0.3, -0.25) is 4.57 Å². The maximum Gasteiger partial charge on any atom is 0.167 e. The third kappa shape index (κ3) is 2.84. The summed E-state index contributed by atoms with van der Waals surface area (Å²) in [5.41, 5.74) is 1.29. The van der Waals surface area contributed by atoms with Gasteiger partial charge in [-0.25, -0.2) is 15.0 Å². The van der Waals surface area contributed by atoms with Crippen molar-refractivity contribution in [3.05, 3.63) is 12.7 Å². The monoisotopic (exact) mass is 337 g/mol. The summed E-state index contributed by atoms with van der Waals surface area (Å²) in [4.78, 5) is 12.9. The van der Waals surface area contributed by atoms with Crippen molar-refractivity contribution in [1.29, 1.82) is 0 Å². The Morgan fingerprint density at radius 1 is 1.21 bits per heavy atom. The molecule has 2 N–H and O–H groups in total. The van der Waals surface area contributed by atoms with Gasteiger partial charge in [0.2, 0.25) is 0 Å². The third-order valence-corrected chi connectivity index (χ3v) is 4.05. The average molecular weight is 337 g/mol. The van der Waals surface area contributed by atoms with E-state index in [0.717, 1.165) is 0 Å². The predicted molar refractivity (Wildman–Crippen MR) is 86.7 cm³/mol. The predicted octanol–water partition coefficient (Wildman–Crippen LogP) is 0.568. The highest BCUT2D eigenvalue weighted by atomic mass is 16.6. The van der Waals surface area contributed by atoms with Gasteiger partial charge in [0, 0.05) is 20.3 Å². The summed E-state index contributed by atoms with van der Waals surface area (Å²) in [7, 11) is 1.78. The van der Waals surface area contributed by atoms with Crippen molar-refractivity contribution in [2.75, 3.05) is 32.2 Å². The Hall–Kier alpha value is -1.81. The summed E-state index contributed by atoms with van der Waals surface area (Å²) in [6.45, 7) is 4.70. The average Bonchev–Trinajstić information content (AvgIpc) is 3.17. The van der Waals surface area contributed by atoms with E-state index in [4.69, 9.17) is 14.2 Å². The summed E-state index contributed by atoms with van der Waals surface area (Å²) in [5.74, 6) is 0.643. The first kappa shape index (κ1) is 17.0. The highest BCUT2D eigenvalue weighted by molar-refractivity contribution is 5.82. The zero-order valence-electron chi connectivity index (χ0n) is 14.0. The Morgan fingerprint density at radius 3 is 2.62 bits per heavy atom. The van der Waals surface area contributed by atoms with E-state index in [2.05, 4.69) is 20.3 Å². The first-order valence-corrected chi connectivity index (χ1v) is 8.09. The van der Waals surface area contributed by atoms with Crippen LogP contribution in [0.3, 0.4) is 0 Å². The number of aromatic nitrogens is 4. The van der Waals surface area contributed by atoms with Crippen molar-refractivity contribution in [1.82, 2.24) is 19.5 Å². The van der Waals surface area contributed by atoms with E-state index in [0.29, 0.717) is 30.2 Å². The van der Waals surface area contributed by atoms with Crippen LogP contribution in [0, 0.1) is 0 Å². The standard InChI is InChI=1S/C15H23N5O4/c1-4-22-11-9(6-21)24-15(12(11)23-5-2)20-8-19-10-13(16-3)17-7-18-14(10)20/h7-9,11-12,15,21H,4-6H2,1-3H3,(H,16,17,18)/t9-,11-,12-,15-/m1/s1. The van der Waals surface area contributed by atoms with Crippen molar-refractivity contribution < 1.29 is 19.3 Å². The maximum atomic E-state index is 9.64. The molecule has 0 bridgehead atoms. The molecule has 1 saturated heterocycles. The van der Waals surface area contributed by atoms with Crippen molar-refractivity contribution in [2.24, 2.45) is 0 Å². The molecule has 0 aliphatic carbocycles.